The molecule has 0 N–H and O–H groups in total. The lowest BCUT2D eigenvalue weighted by Gasteiger charge is -2.25. The van der Waals surface area contributed by atoms with Crippen LogP contribution in [0.4, 0.5) is 0 Å². The molecule has 5 aromatic rings. The summed E-state index contributed by atoms with van der Waals surface area (Å²) in [6.45, 7) is 0. The molecule has 0 unspecified atom stereocenters. The molecule has 0 atom stereocenters. The Labute approximate surface area is 188 Å². The van der Waals surface area contributed by atoms with Gasteiger partial charge >= 0.3 is 5.82 Å². The van der Waals surface area contributed by atoms with E-state index in [0.29, 0.717) is 0 Å². The predicted molar refractivity (Wildman–Crippen MR) is 129 cm³/mol. The summed E-state index contributed by atoms with van der Waals surface area (Å²) in [4.78, 5) is 4.78. The summed E-state index contributed by atoms with van der Waals surface area (Å²) < 4.78 is 2.36. The van der Waals surface area contributed by atoms with Crippen molar-refractivity contribution in [1.29, 1.82) is 0 Å². The van der Waals surface area contributed by atoms with Gasteiger partial charge in [-0.05, 0) is 46.6 Å². The minimum absolute atomic E-state index is 0.943. The normalized spacial score (nSPS) is 12.1. The van der Waals surface area contributed by atoms with Gasteiger partial charge in [0.2, 0.25) is 0 Å². The summed E-state index contributed by atoms with van der Waals surface area (Å²) in [5, 5.41) is 0. The van der Waals surface area contributed by atoms with Crippen molar-refractivity contribution >= 4 is 0 Å². The van der Waals surface area contributed by atoms with Crippen LogP contribution in [0.2, 0.25) is 0 Å². The number of rotatable bonds is 3. The van der Waals surface area contributed by atoms with Crippen LogP contribution >= 0.6 is 0 Å². The van der Waals surface area contributed by atoms with Gasteiger partial charge in [0.15, 0.2) is 0 Å². The van der Waals surface area contributed by atoms with E-state index in [1.54, 1.807) is 0 Å². The highest BCUT2D eigenvalue weighted by Crippen LogP contribution is 2.39. The van der Waals surface area contributed by atoms with Crippen molar-refractivity contribution in [3.8, 4) is 39.5 Å². The molecule has 2 nitrogen and oxygen atoms in total. The molecule has 32 heavy (non-hydrogen) atoms. The van der Waals surface area contributed by atoms with E-state index in [0.717, 1.165) is 24.4 Å². The quantitative estimate of drug-likeness (QED) is 0.311. The molecule has 2 aromatic heterocycles. The van der Waals surface area contributed by atoms with Gasteiger partial charge in [0, 0.05) is 22.8 Å². The number of nitrogens with zero attached hydrogens (tertiary/aromatic N) is 2. The molecule has 0 aliphatic heterocycles. The smallest absolute Gasteiger partial charge is 0.188 e. The van der Waals surface area contributed by atoms with Crippen LogP contribution in [0.5, 0.6) is 0 Å². The Balaban J connectivity index is 1.78. The van der Waals surface area contributed by atoms with Crippen LogP contribution in [-0.4, -0.2) is 4.98 Å². The highest BCUT2D eigenvalue weighted by Gasteiger charge is 2.30. The zero-order chi connectivity index (χ0) is 21.3. The number of hydrogen-bond donors (Lipinski definition) is 0. The first-order chi connectivity index (χ1) is 15.9. The number of hydrogen-bond acceptors (Lipinski definition) is 1. The summed E-state index contributed by atoms with van der Waals surface area (Å²) in [6, 6.07) is 38.7. The zero-order valence-corrected chi connectivity index (χ0v) is 17.8. The third kappa shape index (κ3) is 3.12. The van der Waals surface area contributed by atoms with Gasteiger partial charge in [-0.2, -0.15) is 4.57 Å². The number of pyridine rings is 2. The molecule has 1 aliphatic rings. The van der Waals surface area contributed by atoms with E-state index >= 15 is 0 Å². The van der Waals surface area contributed by atoms with Crippen molar-refractivity contribution in [1.82, 2.24) is 4.98 Å². The first-order valence-electron chi connectivity index (χ1n) is 11.1. The van der Waals surface area contributed by atoms with Gasteiger partial charge in [0.25, 0.3) is 0 Å². The molecule has 1 aliphatic carbocycles. The minimum atomic E-state index is 0.943. The second kappa shape index (κ2) is 7.90. The number of benzene rings is 3. The van der Waals surface area contributed by atoms with Crippen LogP contribution < -0.4 is 4.57 Å². The first kappa shape index (κ1) is 18.7. The Morgan fingerprint density at radius 2 is 1.28 bits per heavy atom. The van der Waals surface area contributed by atoms with Crippen LogP contribution in [0, 0.1) is 0 Å². The van der Waals surface area contributed by atoms with E-state index in [1.165, 1.54) is 39.1 Å². The number of aromatic nitrogens is 2. The third-order valence-corrected chi connectivity index (χ3v) is 6.31. The van der Waals surface area contributed by atoms with E-state index in [4.69, 9.17) is 4.98 Å². The Morgan fingerprint density at radius 3 is 2.03 bits per heavy atom. The second-order valence-electron chi connectivity index (χ2n) is 8.18. The van der Waals surface area contributed by atoms with E-state index < -0.39 is 0 Å². The maximum Gasteiger partial charge on any atom is 0.328 e. The summed E-state index contributed by atoms with van der Waals surface area (Å²) in [5.74, 6) is 0.943. The van der Waals surface area contributed by atoms with Crippen molar-refractivity contribution in [3.63, 3.8) is 0 Å². The number of aryl methyl sites for hydroxylation is 1. The molecule has 0 amide bonds. The molecule has 0 saturated carbocycles. The van der Waals surface area contributed by atoms with Gasteiger partial charge in [0.05, 0.1) is 0 Å². The van der Waals surface area contributed by atoms with Crippen molar-refractivity contribution in [2.24, 2.45) is 0 Å². The van der Waals surface area contributed by atoms with Gasteiger partial charge in [-0.15, -0.1) is 0 Å². The predicted octanol–water partition coefficient (Wildman–Crippen LogP) is 6.46. The molecule has 0 radical (unpaired) electrons. The Morgan fingerprint density at radius 1 is 0.594 bits per heavy atom. The molecule has 0 saturated heterocycles. The Hall–Kier alpha value is -4.04. The van der Waals surface area contributed by atoms with E-state index in [-0.39, 0.29) is 0 Å². The fourth-order valence-corrected chi connectivity index (χ4v) is 4.86. The molecular formula is C30H23N2+. The first-order valence-corrected chi connectivity index (χ1v) is 11.1. The Bertz CT molecular complexity index is 1390. The minimum Gasteiger partial charge on any atom is -0.188 e. The topological polar surface area (TPSA) is 16.8 Å². The summed E-state index contributed by atoms with van der Waals surface area (Å²) in [5.41, 5.74) is 10.2. The zero-order valence-electron chi connectivity index (χ0n) is 17.8. The van der Waals surface area contributed by atoms with Crippen molar-refractivity contribution < 1.29 is 4.57 Å². The van der Waals surface area contributed by atoms with Crippen LogP contribution in [0.1, 0.15) is 11.1 Å². The van der Waals surface area contributed by atoms with Crippen LogP contribution in [0.15, 0.2) is 115 Å². The van der Waals surface area contributed by atoms with Gasteiger partial charge in [-0.1, -0.05) is 91.0 Å². The van der Waals surface area contributed by atoms with Crippen molar-refractivity contribution in [2.75, 3.05) is 0 Å². The standard InChI is InChI=1S/C30H23N2/c1-3-11-22(12-4-1)27-21-28(24-14-5-2-6-15-24)32(29-17-9-10-20-31-29)30-25-16-8-7-13-23(25)18-19-26(27)30/h1-17,20-21H,18-19H2/q+1. The summed E-state index contributed by atoms with van der Waals surface area (Å²) >= 11 is 0. The molecular weight excluding hydrogens is 388 g/mol. The average Bonchev–Trinajstić information content (AvgIpc) is 2.89. The van der Waals surface area contributed by atoms with Gasteiger partial charge in [-0.25, -0.2) is 0 Å². The van der Waals surface area contributed by atoms with E-state index in [1.807, 2.05) is 12.3 Å². The summed E-state index contributed by atoms with van der Waals surface area (Å²) in [6.07, 6.45) is 3.94. The maximum atomic E-state index is 4.78. The maximum absolute atomic E-state index is 4.78. The third-order valence-electron chi connectivity index (χ3n) is 6.31. The fourth-order valence-electron chi connectivity index (χ4n) is 4.86. The average molecular weight is 412 g/mol. The summed E-state index contributed by atoms with van der Waals surface area (Å²) in [7, 11) is 0. The van der Waals surface area contributed by atoms with Crippen LogP contribution in [0.25, 0.3) is 39.5 Å². The highest BCUT2D eigenvalue weighted by atomic mass is 15.1. The van der Waals surface area contributed by atoms with Gasteiger partial charge < -0.3 is 0 Å². The van der Waals surface area contributed by atoms with Crippen molar-refractivity contribution in [2.45, 2.75) is 12.8 Å². The molecule has 6 rings (SSSR count). The molecule has 0 spiro atoms. The van der Waals surface area contributed by atoms with Crippen molar-refractivity contribution in [3.05, 3.63) is 127 Å². The largest absolute Gasteiger partial charge is 0.328 e. The SMILES string of the molecule is c1ccc(-c2cc(-c3ccccc3)[n+](-c3ccccn3)c3c2CCc2ccccc2-3)cc1. The van der Waals surface area contributed by atoms with Crippen LogP contribution in [-0.2, 0) is 12.8 Å². The van der Waals surface area contributed by atoms with E-state index in [2.05, 4.69) is 108 Å². The number of fused-ring (bicyclic) bond motifs is 3. The lowest BCUT2D eigenvalue weighted by molar-refractivity contribution is -0.576. The lowest BCUT2D eigenvalue weighted by Crippen LogP contribution is -2.39. The molecule has 2 heteroatoms. The van der Waals surface area contributed by atoms with Crippen LogP contribution in [0.3, 0.4) is 0 Å². The molecule has 2 heterocycles. The second-order valence-corrected chi connectivity index (χ2v) is 8.18. The molecule has 0 bridgehead atoms. The van der Waals surface area contributed by atoms with Gasteiger partial charge in [-0.3, -0.25) is 0 Å². The van der Waals surface area contributed by atoms with Gasteiger partial charge in [0.1, 0.15) is 17.6 Å². The Kier molecular flexibility index (Phi) is 4.62. The highest BCUT2D eigenvalue weighted by molar-refractivity contribution is 5.81. The van der Waals surface area contributed by atoms with E-state index in [9.17, 15) is 0 Å². The molecule has 152 valence electrons. The monoisotopic (exact) mass is 411 g/mol. The lowest BCUT2D eigenvalue weighted by atomic mass is 9.83. The fraction of sp³-hybridized carbons (Fsp3) is 0.0667. The molecule has 0 fully saturated rings. The molecule has 3 aromatic carbocycles.